The summed E-state index contributed by atoms with van der Waals surface area (Å²) in [7, 11) is 1.64. The second kappa shape index (κ2) is 6.19. The van der Waals surface area contributed by atoms with Crippen LogP contribution in [-0.4, -0.2) is 31.0 Å². The molecule has 2 unspecified atom stereocenters. The number of aryl methyl sites for hydroxylation is 1. The van der Waals surface area contributed by atoms with Gasteiger partial charge in [0, 0.05) is 26.7 Å². The van der Waals surface area contributed by atoms with Crippen molar-refractivity contribution in [3.63, 3.8) is 0 Å². The van der Waals surface area contributed by atoms with Gasteiger partial charge >= 0.3 is 0 Å². The van der Waals surface area contributed by atoms with E-state index in [1.165, 1.54) is 0 Å². The molecule has 2 N–H and O–H groups in total. The summed E-state index contributed by atoms with van der Waals surface area (Å²) in [6, 6.07) is 3.99. The highest BCUT2D eigenvalue weighted by atomic mass is 16.5. The third-order valence-electron chi connectivity index (χ3n) is 2.82. The molecule has 0 bridgehead atoms. The lowest BCUT2D eigenvalue weighted by atomic mass is 10.0. The smallest absolute Gasteiger partial charge is 0.120 e. The van der Waals surface area contributed by atoms with E-state index >= 15 is 0 Å². The van der Waals surface area contributed by atoms with E-state index < -0.39 is 5.60 Å². The Hall–Kier alpha value is -0.840. The van der Waals surface area contributed by atoms with Crippen molar-refractivity contribution in [2.45, 2.75) is 38.8 Å². The molecule has 1 aromatic rings. The number of hydrogen-bond donors (Lipinski definition) is 2. The lowest BCUT2D eigenvalue weighted by Gasteiger charge is -2.25. The number of ether oxygens (including phenoxy) is 1. The van der Waals surface area contributed by atoms with Gasteiger partial charge < -0.3 is 19.6 Å². The summed E-state index contributed by atoms with van der Waals surface area (Å²) in [5.74, 6) is 1.80. The number of hydrogen-bond acceptors (Lipinski definition) is 4. The summed E-state index contributed by atoms with van der Waals surface area (Å²) in [5, 5.41) is 13.3. The van der Waals surface area contributed by atoms with E-state index in [0.29, 0.717) is 19.6 Å². The topological polar surface area (TPSA) is 54.6 Å². The monoisotopic (exact) mass is 241 g/mol. The zero-order chi connectivity index (χ0) is 12.9. The van der Waals surface area contributed by atoms with E-state index in [1.54, 1.807) is 14.0 Å². The molecule has 1 heterocycles. The van der Waals surface area contributed by atoms with Crippen LogP contribution in [0.25, 0.3) is 0 Å². The molecule has 0 aliphatic rings. The van der Waals surface area contributed by atoms with Crippen molar-refractivity contribution in [1.82, 2.24) is 5.32 Å². The number of nitrogens with one attached hydrogen (secondary N) is 1. The minimum absolute atomic E-state index is 0.0951. The van der Waals surface area contributed by atoms with Crippen LogP contribution in [0.5, 0.6) is 0 Å². The lowest BCUT2D eigenvalue weighted by Crippen LogP contribution is -2.39. The molecule has 1 rings (SSSR count). The minimum Gasteiger partial charge on any atom is -0.465 e. The first kappa shape index (κ1) is 14.2. The Morgan fingerprint density at radius 3 is 2.76 bits per heavy atom. The molecule has 0 saturated carbocycles. The summed E-state index contributed by atoms with van der Waals surface area (Å²) in [6.45, 7) is 6.81. The van der Waals surface area contributed by atoms with Crippen molar-refractivity contribution >= 4 is 0 Å². The largest absolute Gasteiger partial charge is 0.465 e. The van der Waals surface area contributed by atoms with Gasteiger partial charge in [-0.15, -0.1) is 0 Å². The number of aliphatic hydroxyl groups is 1. The normalized spacial score (nSPS) is 16.8. The summed E-state index contributed by atoms with van der Waals surface area (Å²) in [5.41, 5.74) is -0.758. The van der Waals surface area contributed by atoms with Crippen LogP contribution in [0.4, 0.5) is 0 Å². The quantitative estimate of drug-likeness (QED) is 0.767. The minimum atomic E-state index is -0.758. The predicted octanol–water partition coefficient (Wildman–Crippen LogP) is 2.03. The second-order valence-corrected chi connectivity index (χ2v) is 4.79. The van der Waals surface area contributed by atoms with Crippen molar-refractivity contribution in [2.24, 2.45) is 0 Å². The number of furan rings is 1. The third kappa shape index (κ3) is 4.89. The Labute approximate surface area is 103 Å². The zero-order valence-corrected chi connectivity index (χ0v) is 11.1. The molecular weight excluding hydrogens is 218 g/mol. The molecule has 17 heavy (non-hydrogen) atoms. The molecule has 98 valence electrons. The number of rotatable bonds is 7. The fraction of sp³-hybridized carbons (Fsp3) is 0.692. The van der Waals surface area contributed by atoms with Gasteiger partial charge in [-0.05, 0) is 32.9 Å². The fourth-order valence-electron chi connectivity index (χ4n) is 1.57. The van der Waals surface area contributed by atoms with Crippen LogP contribution in [0.15, 0.2) is 16.5 Å². The maximum atomic E-state index is 10.1. The van der Waals surface area contributed by atoms with E-state index in [4.69, 9.17) is 9.15 Å². The molecule has 4 heteroatoms. The molecule has 0 spiro atoms. The Balaban J connectivity index is 2.39. The van der Waals surface area contributed by atoms with Gasteiger partial charge in [0.2, 0.25) is 0 Å². The van der Waals surface area contributed by atoms with Gasteiger partial charge in [0.05, 0.1) is 11.6 Å². The van der Waals surface area contributed by atoms with Gasteiger partial charge in [-0.3, -0.25) is 0 Å². The highest BCUT2D eigenvalue weighted by Gasteiger charge is 2.21. The molecule has 4 nitrogen and oxygen atoms in total. The average Bonchev–Trinajstić information content (AvgIpc) is 2.70. The zero-order valence-electron chi connectivity index (χ0n) is 11.1. The SMILES string of the molecule is COCCC(C)(O)CNC(C)c1ccc(C)o1. The Bertz CT molecular complexity index is 333. The summed E-state index contributed by atoms with van der Waals surface area (Å²) < 4.78 is 10.5. The lowest BCUT2D eigenvalue weighted by molar-refractivity contribution is 0.0226. The van der Waals surface area contributed by atoms with Crippen LogP contribution >= 0.6 is 0 Å². The van der Waals surface area contributed by atoms with Crippen LogP contribution < -0.4 is 5.32 Å². The molecule has 0 amide bonds. The fourth-order valence-corrected chi connectivity index (χ4v) is 1.57. The first-order valence-electron chi connectivity index (χ1n) is 5.95. The summed E-state index contributed by atoms with van der Waals surface area (Å²) >= 11 is 0. The molecule has 0 aromatic carbocycles. The van der Waals surface area contributed by atoms with Crippen molar-refractivity contribution in [1.29, 1.82) is 0 Å². The van der Waals surface area contributed by atoms with E-state index in [2.05, 4.69) is 5.32 Å². The van der Waals surface area contributed by atoms with Crippen molar-refractivity contribution < 1.29 is 14.3 Å². The molecule has 0 radical (unpaired) electrons. The van der Waals surface area contributed by atoms with E-state index in [9.17, 15) is 5.11 Å². The van der Waals surface area contributed by atoms with Gasteiger partial charge in [0.1, 0.15) is 11.5 Å². The van der Waals surface area contributed by atoms with Gasteiger partial charge in [-0.1, -0.05) is 0 Å². The summed E-state index contributed by atoms with van der Waals surface area (Å²) in [4.78, 5) is 0. The third-order valence-corrected chi connectivity index (χ3v) is 2.82. The average molecular weight is 241 g/mol. The maximum Gasteiger partial charge on any atom is 0.120 e. The molecule has 1 aromatic heterocycles. The van der Waals surface area contributed by atoms with Gasteiger partial charge in [-0.25, -0.2) is 0 Å². The first-order valence-corrected chi connectivity index (χ1v) is 5.95. The van der Waals surface area contributed by atoms with Gasteiger partial charge in [0.15, 0.2) is 0 Å². The summed E-state index contributed by atoms with van der Waals surface area (Å²) in [6.07, 6.45) is 0.612. The maximum absolute atomic E-state index is 10.1. The molecule has 0 fully saturated rings. The standard InChI is InChI=1S/C13H23NO3/c1-10-5-6-12(17-10)11(2)14-9-13(3,15)7-8-16-4/h5-6,11,14-15H,7-9H2,1-4H3. The predicted molar refractivity (Wildman–Crippen MR) is 67.0 cm³/mol. The molecule has 0 aliphatic carbocycles. The molecule has 2 atom stereocenters. The van der Waals surface area contributed by atoms with Gasteiger partial charge in [0.25, 0.3) is 0 Å². The molecular formula is C13H23NO3. The van der Waals surface area contributed by atoms with Crippen LogP contribution in [0.1, 0.15) is 37.8 Å². The van der Waals surface area contributed by atoms with E-state index in [0.717, 1.165) is 11.5 Å². The molecule has 0 saturated heterocycles. The van der Waals surface area contributed by atoms with Gasteiger partial charge in [-0.2, -0.15) is 0 Å². The van der Waals surface area contributed by atoms with E-state index in [1.807, 2.05) is 26.0 Å². The Kier molecular flexibility index (Phi) is 5.18. The van der Waals surface area contributed by atoms with Crippen LogP contribution in [0, 0.1) is 6.92 Å². The van der Waals surface area contributed by atoms with E-state index in [-0.39, 0.29) is 6.04 Å². The number of methoxy groups -OCH3 is 1. The van der Waals surface area contributed by atoms with Crippen molar-refractivity contribution in [3.8, 4) is 0 Å². The van der Waals surface area contributed by atoms with Crippen LogP contribution in [0.3, 0.4) is 0 Å². The highest BCUT2D eigenvalue weighted by Crippen LogP contribution is 2.17. The van der Waals surface area contributed by atoms with Crippen LogP contribution in [0.2, 0.25) is 0 Å². The Morgan fingerprint density at radius 2 is 2.24 bits per heavy atom. The van der Waals surface area contributed by atoms with Crippen molar-refractivity contribution in [3.05, 3.63) is 23.7 Å². The van der Waals surface area contributed by atoms with Crippen LogP contribution in [-0.2, 0) is 4.74 Å². The van der Waals surface area contributed by atoms with Crippen molar-refractivity contribution in [2.75, 3.05) is 20.3 Å². The first-order chi connectivity index (χ1) is 7.94. The Morgan fingerprint density at radius 1 is 1.53 bits per heavy atom. The highest BCUT2D eigenvalue weighted by molar-refractivity contribution is 5.08. The second-order valence-electron chi connectivity index (χ2n) is 4.79. The molecule has 0 aliphatic heterocycles.